The zero-order valence-electron chi connectivity index (χ0n) is 16.1. The van der Waals surface area contributed by atoms with Gasteiger partial charge >= 0.3 is 0 Å². The third-order valence-electron chi connectivity index (χ3n) is 4.38. The van der Waals surface area contributed by atoms with E-state index in [0.29, 0.717) is 23.7 Å². The maximum absolute atomic E-state index is 12.2. The van der Waals surface area contributed by atoms with Crippen LogP contribution < -0.4 is 10.6 Å². The van der Waals surface area contributed by atoms with Gasteiger partial charge in [0.1, 0.15) is 0 Å². The van der Waals surface area contributed by atoms with E-state index < -0.39 is 0 Å². The maximum atomic E-state index is 12.2. The molecule has 0 aliphatic carbocycles. The molecule has 0 fully saturated rings. The first kappa shape index (κ1) is 20.5. The minimum atomic E-state index is -0.234. The molecule has 0 spiro atoms. The van der Waals surface area contributed by atoms with Crippen molar-refractivity contribution < 1.29 is 9.59 Å². The van der Waals surface area contributed by atoms with Crippen molar-refractivity contribution in [3.63, 3.8) is 0 Å². The molecule has 29 heavy (non-hydrogen) atoms. The molecule has 2 aromatic carbocycles. The van der Waals surface area contributed by atoms with Crippen molar-refractivity contribution in [2.24, 2.45) is 0 Å². The van der Waals surface area contributed by atoms with Crippen LogP contribution in [0.1, 0.15) is 17.5 Å². The van der Waals surface area contributed by atoms with Crippen LogP contribution in [0.3, 0.4) is 0 Å². The van der Waals surface area contributed by atoms with Crippen molar-refractivity contribution in [3.05, 3.63) is 70.5 Å². The Morgan fingerprint density at radius 2 is 1.86 bits per heavy atom. The molecule has 7 nitrogen and oxygen atoms in total. The van der Waals surface area contributed by atoms with Gasteiger partial charge in [0.05, 0.1) is 6.54 Å². The summed E-state index contributed by atoms with van der Waals surface area (Å²) in [6, 6.07) is 17.5. The van der Waals surface area contributed by atoms with Gasteiger partial charge in [0.2, 0.25) is 11.8 Å². The molecule has 0 unspecified atom stereocenters. The Morgan fingerprint density at radius 1 is 1.07 bits per heavy atom. The Hall–Kier alpha value is -3.26. The molecule has 0 aliphatic heterocycles. The summed E-state index contributed by atoms with van der Waals surface area (Å²) in [7, 11) is 0. The van der Waals surface area contributed by atoms with E-state index in [1.165, 1.54) is 0 Å². The third-order valence-corrected chi connectivity index (χ3v) is 4.69. The second-order valence-corrected chi connectivity index (χ2v) is 7.05. The van der Waals surface area contributed by atoms with Crippen LogP contribution in [0.2, 0.25) is 0 Å². The quantitative estimate of drug-likeness (QED) is 0.499. The molecule has 8 heteroatoms. The molecule has 0 aliphatic rings. The summed E-state index contributed by atoms with van der Waals surface area (Å²) in [6.45, 7) is 2.74. The lowest BCUT2D eigenvalue weighted by atomic mass is 10.1. The molecular formula is C21H23N5O2S. The number of carbonyl (C=O) groups excluding carboxylic acids is 2. The lowest BCUT2D eigenvalue weighted by Gasteiger charge is -2.09. The first-order valence-corrected chi connectivity index (χ1v) is 9.73. The Bertz CT molecular complexity index is 1040. The van der Waals surface area contributed by atoms with Gasteiger partial charge < -0.3 is 10.6 Å². The molecule has 3 N–H and O–H groups in total. The van der Waals surface area contributed by atoms with Gasteiger partial charge in [0.25, 0.3) is 0 Å². The zero-order valence-corrected chi connectivity index (χ0v) is 17.0. The number of amides is 2. The number of rotatable bonds is 8. The van der Waals surface area contributed by atoms with Gasteiger partial charge in [0.15, 0.2) is 10.6 Å². The Labute approximate surface area is 174 Å². The topological polar surface area (TPSA) is 91.8 Å². The molecule has 150 valence electrons. The number of carbonyl (C=O) groups is 2. The number of nitrogens with zero attached hydrogens (tertiary/aromatic N) is 2. The van der Waals surface area contributed by atoms with Gasteiger partial charge in [-0.2, -0.15) is 5.10 Å². The highest BCUT2D eigenvalue weighted by atomic mass is 32.1. The molecule has 0 radical (unpaired) electrons. The molecule has 2 amide bonds. The summed E-state index contributed by atoms with van der Waals surface area (Å²) in [4.78, 5) is 24.1. The number of aryl methyl sites for hydroxylation is 1. The van der Waals surface area contributed by atoms with Gasteiger partial charge in [-0.1, -0.05) is 54.1 Å². The van der Waals surface area contributed by atoms with Gasteiger partial charge in [-0.3, -0.25) is 19.3 Å². The van der Waals surface area contributed by atoms with Crippen molar-refractivity contribution in [1.29, 1.82) is 0 Å². The monoisotopic (exact) mass is 409 g/mol. The minimum absolute atomic E-state index is 0.0623. The largest absolute Gasteiger partial charge is 0.350 e. The average molecular weight is 410 g/mol. The fraction of sp³-hybridized carbons (Fsp3) is 0.238. The van der Waals surface area contributed by atoms with Crippen LogP contribution in [0, 0.1) is 11.7 Å². The van der Waals surface area contributed by atoms with Crippen LogP contribution in [0.4, 0.5) is 0 Å². The van der Waals surface area contributed by atoms with Crippen LogP contribution in [-0.4, -0.2) is 33.1 Å². The van der Waals surface area contributed by atoms with Crippen molar-refractivity contribution in [3.8, 4) is 11.4 Å². The van der Waals surface area contributed by atoms with Gasteiger partial charge in [0, 0.05) is 25.1 Å². The van der Waals surface area contributed by atoms with Crippen molar-refractivity contribution >= 4 is 24.0 Å². The zero-order chi connectivity index (χ0) is 20.6. The lowest BCUT2D eigenvalue weighted by Crippen LogP contribution is -2.36. The van der Waals surface area contributed by atoms with Gasteiger partial charge in [-0.15, -0.1) is 0 Å². The fourth-order valence-corrected chi connectivity index (χ4v) is 3.09. The number of aromatic amines is 1. The summed E-state index contributed by atoms with van der Waals surface area (Å²) >= 11 is 5.29. The SMILES string of the molecule is Cc1cccc(-c2n[nH]c(=S)n2CCC(=O)NCC(=O)NCc2ccccc2)c1. The van der Waals surface area contributed by atoms with Crippen molar-refractivity contribution in [2.45, 2.75) is 26.4 Å². The highest BCUT2D eigenvalue weighted by molar-refractivity contribution is 7.71. The Kier molecular flexibility index (Phi) is 6.91. The molecule has 0 bridgehead atoms. The second-order valence-electron chi connectivity index (χ2n) is 6.66. The highest BCUT2D eigenvalue weighted by Gasteiger charge is 2.11. The molecule has 3 rings (SSSR count). The van der Waals surface area contributed by atoms with E-state index in [-0.39, 0.29) is 24.8 Å². The van der Waals surface area contributed by atoms with Crippen LogP contribution in [-0.2, 0) is 22.7 Å². The van der Waals surface area contributed by atoms with Crippen LogP contribution in [0.5, 0.6) is 0 Å². The standard InChI is InChI=1S/C21H23N5O2S/c1-15-6-5-9-17(12-15)20-24-25-21(29)26(20)11-10-18(27)23-14-19(28)22-13-16-7-3-2-4-8-16/h2-9,12H,10-11,13-14H2,1H3,(H,22,28)(H,23,27)(H,25,29). The van der Waals surface area contributed by atoms with E-state index in [4.69, 9.17) is 12.2 Å². The average Bonchev–Trinajstić information content (AvgIpc) is 3.10. The summed E-state index contributed by atoms with van der Waals surface area (Å²) in [5.41, 5.74) is 3.05. The smallest absolute Gasteiger partial charge is 0.239 e. The molecular weight excluding hydrogens is 386 g/mol. The molecule has 0 saturated heterocycles. The number of nitrogens with one attached hydrogen (secondary N) is 3. The highest BCUT2D eigenvalue weighted by Crippen LogP contribution is 2.18. The first-order valence-electron chi connectivity index (χ1n) is 9.32. The Morgan fingerprint density at radius 3 is 2.62 bits per heavy atom. The number of aromatic nitrogens is 3. The summed E-state index contributed by atoms with van der Waals surface area (Å²) in [5.74, 6) is 0.229. The first-order chi connectivity index (χ1) is 14.0. The molecule has 0 saturated carbocycles. The molecule has 1 aromatic heterocycles. The van der Waals surface area contributed by atoms with Crippen molar-refractivity contribution in [2.75, 3.05) is 6.54 Å². The molecule has 0 atom stereocenters. The molecule has 3 aromatic rings. The van der Waals surface area contributed by atoms with E-state index in [2.05, 4.69) is 20.8 Å². The normalized spacial score (nSPS) is 10.5. The van der Waals surface area contributed by atoms with E-state index in [0.717, 1.165) is 16.7 Å². The lowest BCUT2D eigenvalue weighted by molar-refractivity contribution is -0.126. The summed E-state index contributed by atoms with van der Waals surface area (Å²) < 4.78 is 2.24. The molecule has 1 heterocycles. The predicted molar refractivity (Wildman–Crippen MR) is 114 cm³/mol. The fourth-order valence-electron chi connectivity index (χ4n) is 2.87. The van der Waals surface area contributed by atoms with E-state index in [1.54, 1.807) is 4.57 Å². The third kappa shape index (κ3) is 5.86. The van der Waals surface area contributed by atoms with Crippen LogP contribution in [0.15, 0.2) is 54.6 Å². The van der Waals surface area contributed by atoms with Crippen molar-refractivity contribution in [1.82, 2.24) is 25.4 Å². The van der Waals surface area contributed by atoms with E-state index in [1.807, 2.05) is 61.5 Å². The van der Waals surface area contributed by atoms with Gasteiger partial charge in [-0.05, 0) is 30.8 Å². The van der Waals surface area contributed by atoms with Gasteiger partial charge in [-0.25, -0.2) is 0 Å². The van der Waals surface area contributed by atoms with E-state index >= 15 is 0 Å². The van der Waals surface area contributed by atoms with Crippen LogP contribution >= 0.6 is 12.2 Å². The predicted octanol–water partition coefficient (Wildman–Crippen LogP) is 2.74. The Balaban J connectivity index is 1.49. The number of hydrogen-bond acceptors (Lipinski definition) is 4. The second kappa shape index (κ2) is 9.79. The number of hydrogen-bond donors (Lipinski definition) is 3. The van der Waals surface area contributed by atoms with Crippen LogP contribution in [0.25, 0.3) is 11.4 Å². The minimum Gasteiger partial charge on any atom is -0.350 e. The maximum Gasteiger partial charge on any atom is 0.239 e. The summed E-state index contributed by atoms with van der Waals surface area (Å²) in [5, 5.41) is 12.5. The summed E-state index contributed by atoms with van der Waals surface area (Å²) in [6.07, 6.45) is 0.193. The number of H-pyrrole nitrogens is 1. The number of benzene rings is 2. The van der Waals surface area contributed by atoms with E-state index in [9.17, 15) is 9.59 Å².